The van der Waals surface area contributed by atoms with Crippen molar-refractivity contribution >= 4 is 34.5 Å². The summed E-state index contributed by atoms with van der Waals surface area (Å²) in [5.41, 5.74) is 0.237. The highest BCUT2D eigenvalue weighted by atomic mass is 16.6. The molecule has 0 aliphatic carbocycles. The molecular formula is C21H16N4O8. The van der Waals surface area contributed by atoms with E-state index in [-0.39, 0.29) is 22.6 Å². The summed E-state index contributed by atoms with van der Waals surface area (Å²) in [6.45, 7) is 1.07. The normalized spacial score (nSPS) is 11.8. The average Bonchev–Trinajstić information content (AvgIpc) is 3.34. The van der Waals surface area contributed by atoms with E-state index < -0.39 is 35.2 Å². The molecule has 4 rings (SSSR count). The molecule has 2 aromatic carbocycles. The number of benzene rings is 2. The van der Waals surface area contributed by atoms with Crippen molar-refractivity contribution in [3.63, 3.8) is 0 Å². The second-order valence-corrected chi connectivity index (χ2v) is 6.96. The van der Waals surface area contributed by atoms with Crippen LogP contribution in [0.2, 0.25) is 0 Å². The van der Waals surface area contributed by atoms with E-state index in [0.29, 0.717) is 11.3 Å². The summed E-state index contributed by atoms with van der Waals surface area (Å²) in [5, 5.41) is 17.1. The highest BCUT2D eigenvalue weighted by Crippen LogP contribution is 2.22. The molecule has 0 aliphatic heterocycles. The van der Waals surface area contributed by atoms with Gasteiger partial charge in [0.25, 0.3) is 11.6 Å². The number of nitrogens with one attached hydrogen (secondary N) is 1. The molecule has 1 atom stereocenters. The minimum atomic E-state index is -1.34. The smallest absolute Gasteiger partial charge is 0.420 e. The Balaban J connectivity index is 1.57. The molecule has 0 spiro atoms. The number of esters is 1. The highest BCUT2D eigenvalue weighted by molar-refractivity contribution is 5.95. The van der Waals surface area contributed by atoms with Crippen LogP contribution in [-0.2, 0) is 20.9 Å². The Labute approximate surface area is 184 Å². The third-order valence-electron chi connectivity index (χ3n) is 4.62. The Morgan fingerprint density at radius 3 is 2.64 bits per heavy atom. The van der Waals surface area contributed by atoms with Gasteiger partial charge in [0.15, 0.2) is 11.4 Å². The van der Waals surface area contributed by atoms with Crippen LogP contribution in [0.4, 0.5) is 11.5 Å². The Bertz CT molecular complexity index is 1400. The third-order valence-corrected chi connectivity index (χ3v) is 4.62. The van der Waals surface area contributed by atoms with Gasteiger partial charge in [0.2, 0.25) is 6.10 Å². The molecule has 4 aromatic rings. The van der Waals surface area contributed by atoms with Crippen LogP contribution < -0.4 is 11.1 Å². The third kappa shape index (κ3) is 4.63. The maximum absolute atomic E-state index is 12.8. The molecule has 1 unspecified atom stereocenters. The van der Waals surface area contributed by atoms with Gasteiger partial charge in [0.1, 0.15) is 12.3 Å². The van der Waals surface area contributed by atoms with Crippen LogP contribution in [0.5, 0.6) is 0 Å². The number of carbonyl (C=O) groups excluding carboxylic acids is 2. The predicted molar refractivity (Wildman–Crippen MR) is 112 cm³/mol. The summed E-state index contributed by atoms with van der Waals surface area (Å²) in [6.07, 6.45) is -1.34. The SMILES string of the molecule is Cc1cc(NC(=O)C(OC(=O)Cn2c(=O)oc3cc([N+](=O)[O-])ccc32)c2ccccc2)no1. The summed E-state index contributed by atoms with van der Waals surface area (Å²) in [6, 6.07) is 13.3. The summed E-state index contributed by atoms with van der Waals surface area (Å²) in [5.74, 6) is -1.86. The molecule has 12 heteroatoms. The fraction of sp³-hybridized carbons (Fsp3) is 0.143. The number of non-ortho nitro benzene ring substituents is 1. The zero-order valence-electron chi connectivity index (χ0n) is 17.1. The predicted octanol–water partition coefficient (Wildman–Crippen LogP) is 2.72. The van der Waals surface area contributed by atoms with Gasteiger partial charge < -0.3 is 19.0 Å². The van der Waals surface area contributed by atoms with Gasteiger partial charge in [-0.25, -0.2) is 4.79 Å². The average molecular weight is 452 g/mol. The number of ether oxygens (including phenoxy) is 1. The lowest BCUT2D eigenvalue weighted by molar-refractivity contribution is -0.384. The van der Waals surface area contributed by atoms with Crippen LogP contribution in [0.25, 0.3) is 11.1 Å². The first kappa shape index (κ1) is 21.5. The molecule has 168 valence electrons. The number of oxazole rings is 1. The summed E-state index contributed by atoms with van der Waals surface area (Å²) in [4.78, 5) is 48.0. The fourth-order valence-electron chi connectivity index (χ4n) is 3.13. The number of nitrogens with zero attached hydrogens (tertiary/aromatic N) is 3. The van der Waals surface area contributed by atoms with Gasteiger partial charge in [-0.1, -0.05) is 35.5 Å². The molecule has 12 nitrogen and oxygen atoms in total. The zero-order chi connectivity index (χ0) is 23.5. The topological polar surface area (TPSA) is 160 Å². The van der Waals surface area contributed by atoms with Crippen molar-refractivity contribution in [3.8, 4) is 0 Å². The van der Waals surface area contributed by atoms with Crippen LogP contribution in [0.1, 0.15) is 17.4 Å². The van der Waals surface area contributed by atoms with E-state index in [1.807, 2.05) is 0 Å². The molecule has 2 heterocycles. The van der Waals surface area contributed by atoms with E-state index in [0.717, 1.165) is 10.6 Å². The molecule has 33 heavy (non-hydrogen) atoms. The van der Waals surface area contributed by atoms with Gasteiger partial charge in [0.05, 0.1) is 16.5 Å². The standard InChI is InChI=1S/C21H16N4O8/c1-12-9-17(23-33-12)22-20(27)19(13-5-3-2-4-6-13)32-18(26)11-24-15-8-7-14(25(29)30)10-16(15)31-21(24)28/h2-10,19H,11H2,1H3,(H,22,23,27). The molecule has 2 aromatic heterocycles. The van der Waals surface area contributed by atoms with E-state index in [9.17, 15) is 24.5 Å². The molecule has 1 amide bonds. The van der Waals surface area contributed by atoms with Crippen LogP contribution in [0, 0.1) is 17.0 Å². The number of anilines is 1. The highest BCUT2D eigenvalue weighted by Gasteiger charge is 2.27. The Morgan fingerprint density at radius 2 is 1.97 bits per heavy atom. The lowest BCUT2D eigenvalue weighted by Crippen LogP contribution is -2.29. The van der Waals surface area contributed by atoms with Crippen molar-refractivity contribution in [2.24, 2.45) is 0 Å². The number of hydrogen-bond acceptors (Lipinski definition) is 9. The van der Waals surface area contributed by atoms with Crippen molar-refractivity contribution in [1.82, 2.24) is 9.72 Å². The minimum Gasteiger partial charge on any atom is -0.446 e. The van der Waals surface area contributed by atoms with E-state index >= 15 is 0 Å². The Morgan fingerprint density at radius 1 is 1.21 bits per heavy atom. The molecule has 0 bridgehead atoms. The van der Waals surface area contributed by atoms with Gasteiger partial charge in [-0.2, -0.15) is 0 Å². The first-order valence-corrected chi connectivity index (χ1v) is 9.58. The van der Waals surface area contributed by atoms with Gasteiger partial charge in [-0.3, -0.25) is 24.3 Å². The number of rotatable bonds is 7. The van der Waals surface area contributed by atoms with E-state index in [2.05, 4.69) is 10.5 Å². The number of nitro groups is 1. The van der Waals surface area contributed by atoms with Gasteiger partial charge in [0, 0.05) is 17.7 Å². The monoisotopic (exact) mass is 452 g/mol. The number of fused-ring (bicyclic) bond motifs is 1. The van der Waals surface area contributed by atoms with Crippen molar-refractivity contribution in [2.45, 2.75) is 19.6 Å². The zero-order valence-corrected chi connectivity index (χ0v) is 17.1. The van der Waals surface area contributed by atoms with E-state index in [1.54, 1.807) is 37.3 Å². The lowest BCUT2D eigenvalue weighted by Gasteiger charge is -2.17. The van der Waals surface area contributed by atoms with Crippen molar-refractivity contribution in [2.75, 3.05) is 5.32 Å². The molecule has 0 aliphatic rings. The Hall–Kier alpha value is -4.74. The number of nitro benzene ring substituents is 1. The number of hydrogen-bond donors (Lipinski definition) is 1. The second kappa shape index (κ2) is 8.78. The summed E-state index contributed by atoms with van der Waals surface area (Å²) < 4.78 is 16.3. The molecule has 1 N–H and O–H groups in total. The van der Waals surface area contributed by atoms with Gasteiger partial charge >= 0.3 is 11.7 Å². The largest absolute Gasteiger partial charge is 0.446 e. The van der Waals surface area contributed by atoms with Crippen molar-refractivity contribution < 1.29 is 28.2 Å². The molecular weight excluding hydrogens is 436 g/mol. The van der Waals surface area contributed by atoms with Crippen molar-refractivity contribution in [3.05, 3.63) is 86.6 Å². The van der Waals surface area contributed by atoms with Crippen molar-refractivity contribution in [1.29, 1.82) is 0 Å². The Kier molecular flexibility index (Phi) is 5.72. The van der Waals surface area contributed by atoms with E-state index in [4.69, 9.17) is 13.7 Å². The van der Waals surface area contributed by atoms with Crippen LogP contribution in [0.15, 0.2) is 68.3 Å². The maximum atomic E-state index is 12.8. The molecule has 0 saturated carbocycles. The maximum Gasteiger partial charge on any atom is 0.420 e. The van der Waals surface area contributed by atoms with Crippen LogP contribution in [0.3, 0.4) is 0 Å². The number of aryl methyl sites for hydroxylation is 1. The number of aromatic nitrogens is 2. The van der Waals surface area contributed by atoms with E-state index in [1.165, 1.54) is 18.2 Å². The van der Waals surface area contributed by atoms with Crippen LogP contribution >= 0.6 is 0 Å². The molecule has 0 radical (unpaired) electrons. The van der Waals surface area contributed by atoms with Crippen LogP contribution in [-0.4, -0.2) is 26.5 Å². The number of amides is 1. The molecule has 0 saturated heterocycles. The second-order valence-electron chi connectivity index (χ2n) is 6.96. The summed E-state index contributed by atoms with van der Waals surface area (Å²) in [7, 11) is 0. The summed E-state index contributed by atoms with van der Waals surface area (Å²) >= 11 is 0. The fourth-order valence-corrected chi connectivity index (χ4v) is 3.13. The minimum absolute atomic E-state index is 0.0549. The number of carbonyl (C=O) groups is 2. The molecule has 0 fully saturated rings. The van der Waals surface area contributed by atoms with Gasteiger partial charge in [-0.15, -0.1) is 0 Å². The lowest BCUT2D eigenvalue weighted by atomic mass is 10.1. The quantitative estimate of drug-likeness (QED) is 0.253. The first-order valence-electron chi connectivity index (χ1n) is 9.58. The first-order chi connectivity index (χ1) is 15.8. The van der Waals surface area contributed by atoms with Gasteiger partial charge in [-0.05, 0) is 13.0 Å².